The van der Waals surface area contributed by atoms with Crippen LogP contribution in [0.3, 0.4) is 0 Å². The van der Waals surface area contributed by atoms with Crippen molar-refractivity contribution in [2.75, 3.05) is 0 Å². The highest BCUT2D eigenvalue weighted by Gasteiger charge is 2.37. The van der Waals surface area contributed by atoms with Gasteiger partial charge < -0.3 is 4.74 Å². The van der Waals surface area contributed by atoms with Crippen molar-refractivity contribution in [1.29, 1.82) is 0 Å². The van der Waals surface area contributed by atoms with E-state index in [1.54, 1.807) is 6.07 Å². The SMILES string of the molecule is CC(C)(C)OC(=O)C(F)S(=O)(=O)c1ccccc1. The van der Waals surface area contributed by atoms with Gasteiger partial charge in [-0.25, -0.2) is 17.6 Å². The minimum absolute atomic E-state index is 0.247. The molecule has 0 fully saturated rings. The van der Waals surface area contributed by atoms with Crippen molar-refractivity contribution >= 4 is 15.8 Å². The number of carbonyl (C=O) groups excluding carboxylic acids is 1. The summed E-state index contributed by atoms with van der Waals surface area (Å²) < 4.78 is 42.0. The molecule has 0 N–H and O–H groups in total. The fourth-order valence-electron chi connectivity index (χ4n) is 1.20. The summed E-state index contributed by atoms with van der Waals surface area (Å²) in [7, 11) is -4.35. The third kappa shape index (κ3) is 3.53. The maximum absolute atomic E-state index is 13.7. The van der Waals surface area contributed by atoms with Crippen LogP contribution in [0, 0.1) is 0 Å². The Morgan fingerprint density at radius 3 is 2.17 bits per heavy atom. The summed E-state index contributed by atoms with van der Waals surface area (Å²) in [5, 5.41) is 0. The van der Waals surface area contributed by atoms with Crippen molar-refractivity contribution in [1.82, 2.24) is 0 Å². The summed E-state index contributed by atoms with van der Waals surface area (Å²) in [4.78, 5) is 11.2. The van der Waals surface area contributed by atoms with Crippen molar-refractivity contribution < 1.29 is 22.3 Å². The number of rotatable bonds is 3. The molecule has 1 aromatic carbocycles. The number of halogens is 1. The van der Waals surface area contributed by atoms with Gasteiger partial charge in [0.25, 0.3) is 0 Å². The molecule has 6 heteroatoms. The van der Waals surface area contributed by atoms with Crippen LogP contribution in [-0.4, -0.2) is 25.5 Å². The lowest BCUT2D eigenvalue weighted by atomic mass is 10.2. The predicted molar refractivity (Wildman–Crippen MR) is 64.4 cm³/mol. The van der Waals surface area contributed by atoms with E-state index in [4.69, 9.17) is 4.74 Å². The van der Waals surface area contributed by atoms with E-state index in [0.29, 0.717) is 0 Å². The second-order valence-electron chi connectivity index (χ2n) is 4.71. The van der Waals surface area contributed by atoms with E-state index >= 15 is 0 Å². The van der Waals surface area contributed by atoms with Gasteiger partial charge in [-0.3, -0.25) is 0 Å². The van der Waals surface area contributed by atoms with Crippen molar-refractivity contribution in [3.63, 3.8) is 0 Å². The van der Waals surface area contributed by atoms with E-state index in [1.807, 2.05) is 0 Å². The first-order valence-electron chi connectivity index (χ1n) is 5.30. The average Bonchev–Trinajstić information content (AvgIpc) is 2.27. The lowest BCUT2D eigenvalue weighted by Gasteiger charge is -2.20. The first-order valence-corrected chi connectivity index (χ1v) is 6.85. The lowest BCUT2D eigenvalue weighted by molar-refractivity contribution is -0.157. The molecule has 18 heavy (non-hydrogen) atoms. The van der Waals surface area contributed by atoms with E-state index < -0.39 is 26.9 Å². The first-order chi connectivity index (χ1) is 8.14. The Balaban J connectivity index is 2.97. The standard InChI is InChI=1S/C12H15FO4S/c1-12(2,3)17-11(14)10(13)18(15,16)9-7-5-4-6-8-9/h4-8,10H,1-3H3. The number of sulfone groups is 1. The Labute approximate surface area is 106 Å². The Morgan fingerprint density at radius 2 is 1.72 bits per heavy atom. The van der Waals surface area contributed by atoms with Gasteiger partial charge in [-0.05, 0) is 32.9 Å². The summed E-state index contributed by atoms with van der Waals surface area (Å²) in [5.41, 5.74) is -3.65. The minimum atomic E-state index is -4.35. The molecule has 1 atom stereocenters. The van der Waals surface area contributed by atoms with Crippen LogP contribution in [0.4, 0.5) is 4.39 Å². The quantitative estimate of drug-likeness (QED) is 0.792. The number of carbonyl (C=O) groups is 1. The molecule has 0 aliphatic rings. The largest absolute Gasteiger partial charge is 0.457 e. The zero-order valence-corrected chi connectivity index (χ0v) is 11.2. The van der Waals surface area contributed by atoms with Crippen LogP contribution >= 0.6 is 0 Å². The molecule has 0 radical (unpaired) electrons. The molecule has 1 unspecified atom stereocenters. The van der Waals surface area contributed by atoms with Crippen LogP contribution in [0.1, 0.15) is 20.8 Å². The molecule has 0 bridgehead atoms. The molecule has 0 saturated carbocycles. The van der Waals surface area contributed by atoms with Crippen LogP contribution in [0.5, 0.6) is 0 Å². The fourth-order valence-corrected chi connectivity index (χ4v) is 2.28. The van der Waals surface area contributed by atoms with Crippen molar-refractivity contribution in [3.05, 3.63) is 30.3 Å². The van der Waals surface area contributed by atoms with Crippen molar-refractivity contribution in [2.45, 2.75) is 36.8 Å². The summed E-state index contributed by atoms with van der Waals surface area (Å²) >= 11 is 0. The highest BCUT2D eigenvalue weighted by molar-refractivity contribution is 7.92. The molecular formula is C12H15FO4S. The molecule has 0 amide bonds. The Hall–Kier alpha value is -1.43. The van der Waals surface area contributed by atoms with Crippen LogP contribution in [0.15, 0.2) is 35.2 Å². The third-order valence-electron chi connectivity index (χ3n) is 1.94. The number of ether oxygens (including phenoxy) is 1. The van der Waals surface area contributed by atoms with Gasteiger partial charge in [-0.1, -0.05) is 18.2 Å². The smallest absolute Gasteiger partial charge is 0.357 e. The molecule has 1 aromatic rings. The van der Waals surface area contributed by atoms with E-state index in [2.05, 4.69) is 0 Å². The monoisotopic (exact) mass is 274 g/mol. The molecule has 100 valence electrons. The zero-order chi connectivity index (χ0) is 14.0. The number of hydrogen-bond donors (Lipinski definition) is 0. The van der Waals surface area contributed by atoms with Crippen molar-refractivity contribution in [2.24, 2.45) is 0 Å². The van der Waals surface area contributed by atoms with Crippen LogP contribution < -0.4 is 0 Å². The minimum Gasteiger partial charge on any atom is -0.457 e. The number of esters is 1. The van der Waals surface area contributed by atoms with Gasteiger partial charge in [0.1, 0.15) is 5.60 Å². The summed E-state index contributed by atoms with van der Waals surface area (Å²) in [6.07, 6.45) is 0. The average molecular weight is 274 g/mol. The molecular weight excluding hydrogens is 259 g/mol. The highest BCUT2D eigenvalue weighted by atomic mass is 32.2. The van der Waals surface area contributed by atoms with Gasteiger partial charge in [0, 0.05) is 0 Å². The Bertz CT molecular complexity index is 517. The number of alkyl halides is 1. The molecule has 4 nitrogen and oxygen atoms in total. The summed E-state index contributed by atoms with van der Waals surface area (Å²) in [5.74, 6) is -1.40. The van der Waals surface area contributed by atoms with Gasteiger partial charge in [0.2, 0.25) is 9.84 Å². The van der Waals surface area contributed by atoms with Gasteiger partial charge >= 0.3 is 11.5 Å². The van der Waals surface area contributed by atoms with Crippen LogP contribution in [0.2, 0.25) is 0 Å². The fraction of sp³-hybridized carbons (Fsp3) is 0.417. The topological polar surface area (TPSA) is 60.4 Å². The predicted octanol–water partition coefficient (Wildman–Crippen LogP) is 2.10. The Kier molecular flexibility index (Phi) is 4.11. The van der Waals surface area contributed by atoms with Gasteiger partial charge in [-0.15, -0.1) is 0 Å². The van der Waals surface area contributed by atoms with Gasteiger partial charge in [-0.2, -0.15) is 0 Å². The van der Waals surface area contributed by atoms with Crippen molar-refractivity contribution in [3.8, 4) is 0 Å². The van der Waals surface area contributed by atoms with E-state index in [-0.39, 0.29) is 4.90 Å². The highest BCUT2D eigenvalue weighted by Crippen LogP contribution is 2.20. The second kappa shape index (κ2) is 5.06. The van der Waals surface area contributed by atoms with E-state index in [9.17, 15) is 17.6 Å². The third-order valence-corrected chi connectivity index (χ3v) is 3.60. The molecule has 0 aromatic heterocycles. The molecule has 0 heterocycles. The number of hydrogen-bond acceptors (Lipinski definition) is 4. The zero-order valence-electron chi connectivity index (χ0n) is 10.4. The second-order valence-corrected chi connectivity index (χ2v) is 6.68. The van der Waals surface area contributed by atoms with E-state index in [1.165, 1.54) is 45.0 Å². The molecule has 0 aliphatic heterocycles. The van der Waals surface area contributed by atoms with Crippen LogP contribution in [-0.2, 0) is 19.4 Å². The molecule has 1 rings (SSSR count). The van der Waals surface area contributed by atoms with Gasteiger partial charge in [0.15, 0.2) is 0 Å². The molecule has 0 aliphatic carbocycles. The Morgan fingerprint density at radius 1 is 1.22 bits per heavy atom. The lowest BCUT2D eigenvalue weighted by Crippen LogP contribution is -2.34. The van der Waals surface area contributed by atoms with E-state index in [0.717, 1.165) is 0 Å². The maximum Gasteiger partial charge on any atom is 0.357 e. The van der Waals surface area contributed by atoms with Gasteiger partial charge in [0.05, 0.1) is 4.90 Å². The molecule has 0 spiro atoms. The molecule has 0 saturated heterocycles. The normalized spacial score (nSPS) is 14.0. The summed E-state index contributed by atoms with van der Waals surface area (Å²) in [6.45, 7) is 4.60. The van der Waals surface area contributed by atoms with Crippen LogP contribution in [0.25, 0.3) is 0 Å². The summed E-state index contributed by atoms with van der Waals surface area (Å²) in [6, 6.07) is 6.96. The first kappa shape index (κ1) is 14.6. The number of benzene rings is 1. The maximum atomic E-state index is 13.7.